The minimum Gasteiger partial charge on any atom is -0.477 e. The van der Waals surface area contributed by atoms with Crippen LogP contribution < -0.4 is 16.0 Å². The highest BCUT2D eigenvalue weighted by atomic mass is 16.5. The van der Waals surface area contributed by atoms with Gasteiger partial charge in [-0.2, -0.15) is 0 Å². The van der Waals surface area contributed by atoms with Gasteiger partial charge in [-0.1, -0.05) is 12.1 Å². The highest BCUT2D eigenvalue weighted by Gasteiger charge is 2.18. The first-order valence-corrected chi connectivity index (χ1v) is 8.53. The van der Waals surface area contributed by atoms with E-state index in [0.29, 0.717) is 17.5 Å². The van der Waals surface area contributed by atoms with Gasteiger partial charge in [-0.05, 0) is 31.2 Å². The maximum Gasteiger partial charge on any atom is 0.344 e. The summed E-state index contributed by atoms with van der Waals surface area (Å²) < 4.78 is 11.7. The van der Waals surface area contributed by atoms with E-state index in [2.05, 4.69) is 9.97 Å². The lowest BCUT2D eigenvalue weighted by atomic mass is 10.2. The van der Waals surface area contributed by atoms with E-state index in [9.17, 15) is 14.4 Å². The first kappa shape index (κ1) is 19.0. The molecule has 9 nitrogen and oxygen atoms in total. The molecule has 3 rings (SSSR count). The van der Waals surface area contributed by atoms with Gasteiger partial charge in [0.15, 0.2) is 5.82 Å². The number of carbonyl (C=O) groups is 2. The zero-order chi connectivity index (χ0) is 20.1. The van der Waals surface area contributed by atoms with E-state index in [0.717, 1.165) is 4.57 Å². The van der Waals surface area contributed by atoms with Crippen LogP contribution in [0.3, 0.4) is 0 Å². The summed E-state index contributed by atoms with van der Waals surface area (Å²) in [5.74, 6) is -1.14. The minimum atomic E-state index is -0.711. The quantitative estimate of drug-likeness (QED) is 0.605. The molecule has 2 aromatic heterocycles. The van der Waals surface area contributed by atoms with Gasteiger partial charge >= 0.3 is 5.97 Å². The number of nitrogens with two attached hydrogens (primary N) is 1. The molecule has 0 unspecified atom stereocenters. The third-order valence-electron chi connectivity index (χ3n) is 3.86. The summed E-state index contributed by atoms with van der Waals surface area (Å²) in [4.78, 5) is 44.9. The van der Waals surface area contributed by atoms with Crippen LogP contribution in [0.25, 0.3) is 10.9 Å². The lowest BCUT2D eigenvalue weighted by Crippen LogP contribution is -2.32. The number of esters is 1. The number of fused-ring (bicyclic) bond motifs is 1. The molecule has 2 N–H and O–H groups in total. The lowest BCUT2D eigenvalue weighted by molar-refractivity contribution is -0.118. The van der Waals surface area contributed by atoms with Crippen molar-refractivity contribution in [3.8, 4) is 5.88 Å². The normalized spacial score (nSPS) is 10.6. The molecule has 0 aliphatic carbocycles. The number of hydrogen-bond acceptors (Lipinski definition) is 7. The van der Waals surface area contributed by atoms with E-state index >= 15 is 0 Å². The average Bonchev–Trinajstić information content (AvgIpc) is 2.69. The van der Waals surface area contributed by atoms with E-state index in [1.165, 1.54) is 12.3 Å². The van der Waals surface area contributed by atoms with Gasteiger partial charge in [0, 0.05) is 6.20 Å². The molecule has 0 radical (unpaired) electrons. The van der Waals surface area contributed by atoms with Gasteiger partial charge < -0.3 is 15.2 Å². The molecule has 9 heteroatoms. The Morgan fingerprint density at radius 2 is 1.96 bits per heavy atom. The number of aromatic nitrogens is 3. The Balaban J connectivity index is 1.92. The van der Waals surface area contributed by atoms with Gasteiger partial charge in [-0.25, -0.2) is 14.8 Å². The van der Waals surface area contributed by atoms with E-state index in [1.54, 1.807) is 37.3 Å². The zero-order valence-electron chi connectivity index (χ0n) is 15.1. The number of benzene rings is 1. The predicted octanol–water partition coefficient (Wildman–Crippen LogP) is 1.03. The Morgan fingerprint density at radius 3 is 2.71 bits per heavy atom. The molecule has 0 atom stereocenters. The largest absolute Gasteiger partial charge is 0.477 e. The van der Waals surface area contributed by atoms with Crippen LogP contribution in [0.1, 0.15) is 23.1 Å². The number of pyridine rings is 1. The lowest BCUT2D eigenvalue weighted by Gasteiger charge is -2.13. The third kappa shape index (κ3) is 3.98. The summed E-state index contributed by atoms with van der Waals surface area (Å²) in [5.41, 5.74) is 5.38. The van der Waals surface area contributed by atoms with E-state index in [-0.39, 0.29) is 30.4 Å². The number of amides is 1. The van der Waals surface area contributed by atoms with Crippen molar-refractivity contribution in [3.05, 3.63) is 64.3 Å². The number of para-hydroxylation sites is 1. The van der Waals surface area contributed by atoms with Gasteiger partial charge in [0.2, 0.25) is 11.8 Å². The van der Waals surface area contributed by atoms with Crippen molar-refractivity contribution >= 4 is 22.8 Å². The fraction of sp³-hybridized carbons (Fsp3) is 0.211. The van der Waals surface area contributed by atoms with Crippen LogP contribution in [0.5, 0.6) is 5.88 Å². The summed E-state index contributed by atoms with van der Waals surface area (Å²) in [6, 6.07) is 9.78. The molecular formula is C19H18N4O5. The molecular weight excluding hydrogens is 364 g/mol. The summed E-state index contributed by atoms with van der Waals surface area (Å²) in [5, 5.41) is 0.338. The summed E-state index contributed by atoms with van der Waals surface area (Å²) in [6.07, 6.45) is 1.50. The van der Waals surface area contributed by atoms with Gasteiger partial charge in [-0.3, -0.25) is 14.2 Å². The third-order valence-corrected chi connectivity index (χ3v) is 3.86. The highest BCUT2D eigenvalue weighted by molar-refractivity contribution is 5.91. The van der Waals surface area contributed by atoms with E-state index in [4.69, 9.17) is 15.2 Å². The standard InChI is InChI=1S/C19H18N4O5/c1-2-27-17-13(7-5-9-21-17)19(26)28-11-16-22-14-8-4-3-6-12(14)18(25)23(16)10-15(20)24/h3-9H,2,10-11H2,1H3,(H2,20,24). The van der Waals surface area contributed by atoms with Crippen LogP contribution in [0.15, 0.2) is 47.4 Å². The molecule has 0 aliphatic heterocycles. The van der Waals surface area contributed by atoms with Crippen LogP contribution >= 0.6 is 0 Å². The first-order chi connectivity index (χ1) is 13.5. The highest BCUT2D eigenvalue weighted by Crippen LogP contribution is 2.16. The van der Waals surface area contributed by atoms with Crippen molar-refractivity contribution in [1.29, 1.82) is 0 Å². The molecule has 0 aliphatic rings. The van der Waals surface area contributed by atoms with E-state index in [1.807, 2.05) is 0 Å². The fourth-order valence-corrected chi connectivity index (χ4v) is 2.65. The number of rotatable bonds is 7. The second-order valence-corrected chi connectivity index (χ2v) is 5.77. The summed E-state index contributed by atoms with van der Waals surface area (Å²) >= 11 is 0. The van der Waals surface area contributed by atoms with Crippen molar-refractivity contribution in [1.82, 2.24) is 14.5 Å². The molecule has 0 saturated heterocycles. The Hall–Kier alpha value is -3.75. The molecule has 144 valence electrons. The van der Waals surface area contributed by atoms with Gasteiger partial charge in [0.1, 0.15) is 18.7 Å². The maximum atomic E-state index is 12.7. The molecule has 28 heavy (non-hydrogen) atoms. The Kier molecular flexibility index (Phi) is 5.64. The predicted molar refractivity (Wildman–Crippen MR) is 99.7 cm³/mol. The average molecular weight is 382 g/mol. The van der Waals surface area contributed by atoms with Crippen molar-refractivity contribution in [2.24, 2.45) is 5.73 Å². The molecule has 3 aromatic rings. The van der Waals surface area contributed by atoms with Crippen molar-refractivity contribution in [3.63, 3.8) is 0 Å². The van der Waals surface area contributed by atoms with Gasteiger partial charge in [-0.15, -0.1) is 0 Å². The minimum absolute atomic E-state index is 0.109. The second kappa shape index (κ2) is 8.30. The molecule has 0 bridgehead atoms. The van der Waals surface area contributed by atoms with Crippen LogP contribution in [0.2, 0.25) is 0 Å². The molecule has 1 amide bonds. The van der Waals surface area contributed by atoms with Crippen molar-refractivity contribution in [2.75, 3.05) is 6.61 Å². The van der Waals surface area contributed by atoms with Gasteiger partial charge in [0.05, 0.1) is 17.5 Å². The van der Waals surface area contributed by atoms with Crippen LogP contribution in [-0.4, -0.2) is 33.0 Å². The van der Waals surface area contributed by atoms with Crippen LogP contribution in [0.4, 0.5) is 0 Å². The van der Waals surface area contributed by atoms with Gasteiger partial charge in [0.25, 0.3) is 5.56 Å². The Bertz CT molecular complexity index is 1090. The number of carbonyl (C=O) groups excluding carboxylic acids is 2. The topological polar surface area (TPSA) is 126 Å². The van der Waals surface area contributed by atoms with Crippen molar-refractivity contribution < 1.29 is 19.1 Å². The first-order valence-electron chi connectivity index (χ1n) is 8.53. The van der Waals surface area contributed by atoms with Crippen LogP contribution in [0, 0.1) is 0 Å². The second-order valence-electron chi connectivity index (χ2n) is 5.77. The Morgan fingerprint density at radius 1 is 1.18 bits per heavy atom. The Labute approximate surface area is 159 Å². The van der Waals surface area contributed by atoms with Crippen molar-refractivity contribution in [2.45, 2.75) is 20.1 Å². The fourth-order valence-electron chi connectivity index (χ4n) is 2.65. The van der Waals surface area contributed by atoms with E-state index < -0.39 is 17.4 Å². The molecule has 0 spiro atoms. The summed E-state index contributed by atoms with van der Waals surface area (Å²) in [6.45, 7) is 1.40. The molecule has 2 heterocycles. The maximum absolute atomic E-state index is 12.7. The molecule has 0 saturated carbocycles. The number of hydrogen-bond donors (Lipinski definition) is 1. The zero-order valence-corrected chi connectivity index (χ0v) is 15.1. The SMILES string of the molecule is CCOc1ncccc1C(=O)OCc1nc2ccccc2c(=O)n1CC(N)=O. The number of nitrogens with zero attached hydrogens (tertiary/aromatic N) is 3. The number of primary amides is 1. The monoisotopic (exact) mass is 382 g/mol. The summed E-state index contributed by atoms with van der Waals surface area (Å²) in [7, 11) is 0. The molecule has 1 aromatic carbocycles. The smallest absolute Gasteiger partial charge is 0.344 e. The van der Waals surface area contributed by atoms with Crippen LogP contribution in [-0.2, 0) is 22.7 Å². The number of ether oxygens (including phenoxy) is 2. The molecule has 0 fully saturated rings.